The van der Waals surface area contributed by atoms with Crippen molar-refractivity contribution in [3.05, 3.63) is 105 Å². The van der Waals surface area contributed by atoms with Crippen molar-refractivity contribution in [1.29, 1.82) is 0 Å². The molecule has 0 saturated heterocycles. The number of aromatic nitrogens is 1. The molecule has 0 fully saturated rings. The third-order valence-electron chi connectivity index (χ3n) is 7.62. The number of benzene rings is 3. The molecule has 0 radical (unpaired) electrons. The van der Waals surface area contributed by atoms with Crippen LogP contribution in [0.2, 0.25) is 0 Å². The van der Waals surface area contributed by atoms with E-state index in [1.54, 1.807) is 36.4 Å². The Balaban J connectivity index is 1.10. The summed E-state index contributed by atoms with van der Waals surface area (Å²) < 4.78 is 34.1. The van der Waals surface area contributed by atoms with Gasteiger partial charge in [0.15, 0.2) is 11.6 Å². The van der Waals surface area contributed by atoms with E-state index in [4.69, 9.17) is 4.74 Å². The summed E-state index contributed by atoms with van der Waals surface area (Å²) in [5.41, 5.74) is 0.976. The number of nitrogens with one attached hydrogen (secondary N) is 3. The van der Waals surface area contributed by atoms with Crippen molar-refractivity contribution in [3.63, 3.8) is 0 Å². The van der Waals surface area contributed by atoms with Crippen molar-refractivity contribution in [1.82, 2.24) is 15.6 Å². The largest absolute Gasteiger partial charge is 0.506 e. The zero-order chi connectivity index (χ0) is 32.2. The molecule has 9 nitrogen and oxygen atoms in total. The number of ether oxygens (including phenoxy) is 1. The van der Waals surface area contributed by atoms with Gasteiger partial charge in [0.2, 0.25) is 5.56 Å². The van der Waals surface area contributed by atoms with Gasteiger partial charge in [-0.15, -0.1) is 0 Å². The van der Waals surface area contributed by atoms with Crippen LogP contribution in [0.4, 0.5) is 13.6 Å². The Morgan fingerprint density at radius 3 is 2.40 bits per heavy atom. The van der Waals surface area contributed by atoms with Crippen LogP contribution < -0.4 is 20.9 Å². The molecule has 1 amide bonds. The molecule has 2 atom stereocenters. The van der Waals surface area contributed by atoms with Crippen LogP contribution in [0, 0.1) is 11.6 Å². The van der Waals surface area contributed by atoms with E-state index in [0.29, 0.717) is 40.9 Å². The van der Waals surface area contributed by atoms with Crippen LogP contribution in [0.15, 0.2) is 71.5 Å². The van der Waals surface area contributed by atoms with Gasteiger partial charge in [-0.2, -0.15) is 0 Å². The Hall–Kier alpha value is -4.48. The number of carboxylic acid groups (broad SMARTS) is 1. The number of rotatable bonds is 17. The first-order valence-electron chi connectivity index (χ1n) is 15.1. The van der Waals surface area contributed by atoms with Crippen LogP contribution in [-0.2, 0) is 0 Å². The van der Waals surface area contributed by atoms with Gasteiger partial charge in [0.05, 0.1) is 24.3 Å². The van der Waals surface area contributed by atoms with Crippen LogP contribution in [0.1, 0.15) is 73.8 Å². The van der Waals surface area contributed by atoms with Gasteiger partial charge in [0.1, 0.15) is 11.5 Å². The number of halogens is 2. The molecule has 2 unspecified atom stereocenters. The topological polar surface area (TPSA) is 144 Å². The van der Waals surface area contributed by atoms with Crippen LogP contribution >= 0.6 is 0 Å². The van der Waals surface area contributed by atoms with Gasteiger partial charge in [-0.1, -0.05) is 62.4 Å². The molecule has 0 spiro atoms. The number of hydrogen-bond acceptors (Lipinski definition) is 6. The van der Waals surface area contributed by atoms with Crippen LogP contribution in [0.5, 0.6) is 11.5 Å². The molecule has 240 valence electrons. The molecule has 6 N–H and O–H groups in total. The second kappa shape index (κ2) is 16.6. The Bertz CT molecular complexity index is 1630. The molecule has 0 aliphatic rings. The number of aliphatic hydroxyl groups is 1. The standard InChI is InChI=1S/C34H39F2N3O6/c35-27-13-9-12-26(31(27)36)32(39-34(43)44)22-10-8-11-23(20-22)45-19-7-5-3-1-2-4-6-18-37-21-29(41)24-14-16-28(40)33-25(24)15-17-30(42)38-33/h8-17,20,29,32,37,39-41H,1-7,18-19,21H2,(H,38,42)(H,43,44). The Morgan fingerprint density at radius 2 is 1.62 bits per heavy atom. The number of fused-ring (bicyclic) bond motifs is 1. The Kier molecular flexibility index (Phi) is 12.3. The number of amides is 1. The van der Waals surface area contributed by atoms with Gasteiger partial charge in [0, 0.05) is 23.6 Å². The van der Waals surface area contributed by atoms with Crippen molar-refractivity contribution in [2.45, 2.75) is 57.1 Å². The molecule has 1 aromatic heterocycles. The maximum atomic E-state index is 14.4. The fourth-order valence-electron chi connectivity index (χ4n) is 5.32. The fraction of sp³-hybridized carbons (Fsp3) is 0.353. The predicted molar refractivity (Wildman–Crippen MR) is 168 cm³/mol. The summed E-state index contributed by atoms with van der Waals surface area (Å²) in [4.78, 5) is 25.6. The van der Waals surface area contributed by atoms with Gasteiger partial charge in [-0.25, -0.2) is 13.6 Å². The van der Waals surface area contributed by atoms with Gasteiger partial charge in [-0.3, -0.25) is 4.79 Å². The van der Waals surface area contributed by atoms with E-state index in [2.05, 4.69) is 15.6 Å². The number of phenols is 1. The van der Waals surface area contributed by atoms with Gasteiger partial charge in [-0.05, 0) is 60.8 Å². The van der Waals surface area contributed by atoms with E-state index in [9.17, 15) is 33.7 Å². The quantitative estimate of drug-likeness (QED) is 0.0758. The first-order valence-corrected chi connectivity index (χ1v) is 15.1. The van der Waals surface area contributed by atoms with E-state index >= 15 is 0 Å². The number of pyridine rings is 1. The normalized spacial score (nSPS) is 12.6. The lowest BCUT2D eigenvalue weighted by atomic mass is 9.98. The number of carbonyl (C=O) groups is 1. The molecular weight excluding hydrogens is 584 g/mol. The van der Waals surface area contributed by atoms with Crippen LogP contribution in [0.25, 0.3) is 10.9 Å². The van der Waals surface area contributed by atoms with E-state index in [1.165, 1.54) is 24.3 Å². The molecule has 1 heterocycles. The van der Waals surface area contributed by atoms with E-state index in [1.807, 2.05) is 0 Å². The van der Waals surface area contributed by atoms with E-state index in [0.717, 1.165) is 57.6 Å². The number of unbranched alkanes of at least 4 members (excludes halogenated alkanes) is 6. The van der Waals surface area contributed by atoms with Crippen molar-refractivity contribution < 1.29 is 33.6 Å². The summed E-state index contributed by atoms with van der Waals surface area (Å²) in [5.74, 6) is -1.66. The first kappa shape index (κ1) is 33.4. The summed E-state index contributed by atoms with van der Waals surface area (Å²) in [7, 11) is 0. The molecule has 0 bridgehead atoms. The van der Waals surface area contributed by atoms with E-state index in [-0.39, 0.29) is 16.9 Å². The van der Waals surface area contributed by atoms with E-state index < -0.39 is 29.9 Å². The predicted octanol–water partition coefficient (Wildman–Crippen LogP) is 6.30. The minimum Gasteiger partial charge on any atom is -0.506 e. The Morgan fingerprint density at radius 1 is 0.889 bits per heavy atom. The summed E-state index contributed by atoms with van der Waals surface area (Å²) in [5, 5.41) is 36.1. The van der Waals surface area contributed by atoms with Crippen molar-refractivity contribution >= 4 is 17.0 Å². The maximum absolute atomic E-state index is 14.4. The lowest BCUT2D eigenvalue weighted by molar-refractivity contribution is 0.176. The minimum atomic E-state index is -1.36. The SMILES string of the molecule is O=C(O)NC(c1cccc(OCCCCCCCCCNCC(O)c2ccc(O)c3[nH]c(=O)ccc23)c1)c1cccc(F)c1F. The number of aliphatic hydroxyl groups excluding tert-OH is 1. The van der Waals surface area contributed by atoms with Crippen molar-refractivity contribution in [2.24, 2.45) is 0 Å². The molecule has 0 saturated carbocycles. The molecule has 0 aliphatic heterocycles. The highest BCUT2D eigenvalue weighted by Crippen LogP contribution is 2.29. The highest BCUT2D eigenvalue weighted by Gasteiger charge is 2.22. The number of H-pyrrole nitrogens is 1. The molecule has 0 aliphatic carbocycles. The second-order valence-corrected chi connectivity index (χ2v) is 10.9. The smallest absolute Gasteiger partial charge is 0.405 e. The van der Waals surface area contributed by atoms with Crippen LogP contribution in [0.3, 0.4) is 0 Å². The van der Waals surface area contributed by atoms with Gasteiger partial charge in [0.25, 0.3) is 0 Å². The Labute approximate surface area is 259 Å². The summed E-state index contributed by atoms with van der Waals surface area (Å²) in [6.07, 6.45) is 5.00. The fourth-order valence-corrected chi connectivity index (χ4v) is 5.32. The lowest BCUT2D eigenvalue weighted by Gasteiger charge is -2.19. The van der Waals surface area contributed by atoms with Crippen molar-refractivity contribution in [2.75, 3.05) is 19.7 Å². The highest BCUT2D eigenvalue weighted by atomic mass is 19.2. The average Bonchev–Trinajstić information content (AvgIpc) is 3.02. The van der Waals surface area contributed by atoms with Gasteiger partial charge >= 0.3 is 6.09 Å². The molecule has 4 aromatic rings. The molecule has 11 heteroatoms. The van der Waals surface area contributed by atoms with Crippen LogP contribution in [-0.4, -0.2) is 46.1 Å². The number of aromatic amines is 1. The van der Waals surface area contributed by atoms with Crippen molar-refractivity contribution in [3.8, 4) is 11.5 Å². The highest BCUT2D eigenvalue weighted by molar-refractivity contribution is 5.87. The third-order valence-corrected chi connectivity index (χ3v) is 7.62. The minimum absolute atomic E-state index is 0.0349. The molecule has 3 aromatic carbocycles. The maximum Gasteiger partial charge on any atom is 0.405 e. The summed E-state index contributed by atoms with van der Waals surface area (Å²) in [6, 6.07) is 15.4. The lowest BCUT2D eigenvalue weighted by Crippen LogP contribution is -2.28. The summed E-state index contributed by atoms with van der Waals surface area (Å²) >= 11 is 0. The number of phenolic OH excluding ortho intramolecular Hbond substituents is 1. The third kappa shape index (κ3) is 9.50. The monoisotopic (exact) mass is 623 g/mol. The average molecular weight is 624 g/mol. The molecule has 45 heavy (non-hydrogen) atoms. The molecule has 4 rings (SSSR count). The zero-order valence-electron chi connectivity index (χ0n) is 24.9. The summed E-state index contributed by atoms with van der Waals surface area (Å²) in [6.45, 7) is 1.61. The molecular formula is C34H39F2N3O6. The van der Waals surface area contributed by atoms with Gasteiger partial charge < -0.3 is 35.7 Å². The first-order chi connectivity index (χ1) is 21.7. The second-order valence-electron chi connectivity index (χ2n) is 10.9. The number of hydrogen-bond donors (Lipinski definition) is 6. The number of aromatic hydroxyl groups is 1. The zero-order valence-corrected chi connectivity index (χ0v) is 24.9.